The number of ether oxygens (including phenoxy) is 2. The van der Waals surface area contributed by atoms with Gasteiger partial charge in [0, 0.05) is 5.02 Å². The number of hydrogen-bond donors (Lipinski definition) is 1. The molecule has 24 heavy (non-hydrogen) atoms. The second kappa shape index (κ2) is 7.97. The van der Waals surface area contributed by atoms with Crippen molar-refractivity contribution in [2.24, 2.45) is 0 Å². The molecular weight excluding hydrogens is 340 g/mol. The fraction of sp³-hybridized carbons (Fsp3) is 0.235. The van der Waals surface area contributed by atoms with Gasteiger partial charge in [-0.3, -0.25) is 4.79 Å². The highest BCUT2D eigenvalue weighted by atomic mass is 35.5. The molecule has 0 spiro atoms. The number of nitrogens with one attached hydrogen (secondary N) is 1. The molecule has 4 nitrogen and oxygen atoms in total. The predicted molar refractivity (Wildman–Crippen MR) is 87.0 cm³/mol. The Bertz CT molecular complexity index is 707. The minimum atomic E-state index is -3.07. The van der Waals surface area contributed by atoms with Gasteiger partial charge in [0.05, 0.1) is 18.7 Å². The highest BCUT2D eigenvalue weighted by Crippen LogP contribution is 2.32. The van der Waals surface area contributed by atoms with Crippen molar-refractivity contribution in [2.45, 2.75) is 19.6 Å². The van der Waals surface area contributed by atoms with Gasteiger partial charge in [-0.1, -0.05) is 29.8 Å². The van der Waals surface area contributed by atoms with E-state index in [-0.39, 0.29) is 23.1 Å². The van der Waals surface area contributed by atoms with Crippen LogP contribution in [0.3, 0.4) is 0 Å². The maximum absolute atomic E-state index is 12.6. The lowest BCUT2D eigenvalue weighted by Gasteiger charge is -2.17. The summed E-state index contributed by atoms with van der Waals surface area (Å²) >= 11 is 5.83. The maximum Gasteiger partial charge on any atom is 0.387 e. The van der Waals surface area contributed by atoms with Gasteiger partial charge in [-0.2, -0.15) is 8.78 Å². The topological polar surface area (TPSA) is 47.6 Å². The number of para-hydroxylation sites is 1. The number of carbonyl (C=O) groups excluding carboxylic acids is 1. The summed E-state index contributed by atoms with van der Waals surface area (Å²) in [6, 6.07) is 11.0. The Morgan fingerprint density at radius 3 is 2.42 bits per heavy atom. The Labute approximate surface area is 143 Å². The average Bonchev–Trinajstić information content (AvgIpc) is 2.55. The third-order valence-corrected chi connectivity index (χ3v) is 3.62. The van der Waals surface area contributed by atoms with Crippen LogP contribution in [0.1, 0.15) is 28.9 Å². The summed E-state index contributed by atoms with van der Waals surface area (Å²) in [6.45, 7) is -1.30. The Balaban J connectivity index is 2.24. The van der Waals surface area contributed by atoms with Crippen molar-refractivity contribution >= 4 is 17.5 Å². The zero-order chi connectivity index (χ0) is 17.7. The molecule has 1 atom stereocenters. The summed E-state index contributed by atoms with van der Waals surface area (Å²) in [5, 5.41) is 3.32. The fourth-order valence-electron chi connectivity index (χ4n) is 2.18. The molecule has 0 fully saturated rings. The summed E-state index contributed by atoms with van der Waals surface area (Å²) < 4.78 is 34.7. The van der Waals surface area contributed by atoms with Crippen molar-refractivity contribution in [1.29, 1.82) is 0 Å². The third kappa shape index (κ3) is 4.35. The standard InChI is InChI=1S/C17H16ClF2NO3/c1-10(11-6-8-12(18)9-7-11)21-16(22)13-4-3-5-14(23-2)15(13)24-17(19)20/h3-10,17H,1-2H3,(H,21,22)/t10-/m0/s1. The van der Waals surface area contributed by atoms with Crippen LogP contribution in [0.2, 0.25) is 5.02 Å². The van der Waals surface area contributed by atoms with Crippen LogP contribution in [0.5, 0.6) is 11.5 Å². The van der Waals surface area contributed by atoms with Gasteiger partial charge in [0.25, 0.3) is 5.91 Å². The molecule has 0 aliphatic rings. The van der Waals surface area contributed by atoms with E-state index in [9.17, 15) is 13.6 Å². The Morgan fingerprint density at radius 2 is 1.83 bits per heavy atom. The smallest absolute Gasteiger partial charge is 0.387 e. The molecule has 0 aromatic heterocycles. The van der Waals surface area contributed by atoms with Crippen LogP contribution in [0.25, 0.3) is 0 Å². The summed E-state index contributed by atoms with van der Waals surface area (Å²) in [7, 11) is 1.31. The first-order valence-corrected chi connectivity index (χ1v) is 7.48. The lowest BCUT2D eigenvalue weighted by molar-refractivity contribution is -0.0515. The fourth-order valence-corrected chi connectivity index (χ4v) is 2.30. The average molecular weight is 356 g/mol. The zero-order valence-electron chi connectivity index (χ0n) is 13.1. The van der Waals surface area contributed by atoms with Crippen molar-refractivity contribution < 1.29 is 23.0 Å². The molecular formula is C17H16ClF2NO3. The Hall–Kier alpha value is -2.34. The highest BCUT2D eigenvalue weighted by Gasteiger charge is 2.21. The number of amides is 1. The van der Waals surface area contributed by atoms with Gasteiger partial charge in [-0.25, -0.2) is 0 Å². The number of carbonyl (C=O) groups is 1. The summed E-state index contributed by atoms with van der Waals surface area (Å²) in [4.78, 5) is 12.4. The second-order valence-electron chi connectivity index (χ2n) is 4.96. The van der Waals surface area contributed by atoms with Crippen molar-refractivity contribution in [2.75, 3.05) is 7.11 Å². The van der Waals surface area contributed by atoms with Gasteiger partial charge in [0.15, 0.2) is 11.5 Å². The van der Waals surface area contributed by atoms with E-state index in [4.69, 9.17) is 16.3 Å². The molecule has 0 radical (unpaired) electrons. The van der Waals surface area contributed by atoms with Crippen molar-refractivity contribution in [1.82, 2.24) is 5.32 Å². The lowest BCUT2D eigenvalue weighted by Crippen LogP contribution is -2.27. The van der Waals surface area contributed by atoms with Crippen LogP contribution in [0, 0.1) is 0 Å². The molecule has 2 rings (SSSR count). The van der Waals surface area contributed by atoms with E-state index in [2.05, 4.69) is 10.1 Å². The van der Waals surface area contributed by atoms with E-state index >= 15 is 0 Å². The van der Waals surface area contributed by atoms with E-state index in [1.807, 2.05) is 0 Å². The van der Waals surface area contributed by atoms with Crippen LogP contribution in [-0.4, -0.2) is 19.6 Å². The number of hydrogen-bond acceptors (Lipinski definition) is 3. The molecule has 0 aliphatic carbocycles. The van der Waals surface area contributed by atoms with Crippen LogP contribution < -0.4 is 14.8 Å². The van der Waals surface area contributed by atoms with E-state index in [0.717, 1.165) is 5.56 Å². The summed E-state index contributed by atoms with van der Waals surface area (Å²) in [5.74, 6) is -0.787. The molecule has 1 amide bonds. The number of benzene rings is 2. The summed E-state index contributed by atoms with van der Waals surface area (Å²) in [6.07, 6.45) is 0. The Morgan fingerprint density at radius 1 is 1.17 bits per heavy atom. The minimum Gasteiger partial charge on any atom is -0.493 e. The van der Waals surface area contributed by atoms with Gasteiger partial charge >= 0.3 is 6.61 Å². The summed E-state index contributed by atoms with van der Waals surface area (Å²) in [5.41, 5.74) is 0.794. The van der Waals surface area contributed by atoms with Crippen LogP contribution >= 0.6 is 11.6 Å². The molecule has 0 aliphatic heterocycles. The quantitative estimate of drug-likeness (QED) is 0.833. The number of alkyl halides is 2. The van der Waals surface area contributed by atoms with E-state index < -0.39 is 12.5 Å². The first kappa shape index (κ1) is 18.0. The van der Waals surface area contributed by atoms with Gasteiger partial charge < -0.3 is 14.8 Å². The first-order valence-electron chi connectivity index (χ1n) is 7.10. The number of methoxy groups -OCH3 is 1. The molecule has 0 bridgehead atoms. The number of rotatable bonds is 6. The minimum absolute atomic E-state index is 0.0320. The van der Waals surface area contributed by atoms with E-state index in [1.54, 1.807) is 31.2 Å². The predicted octanol–water partition coefficient (Wildman–Crippen LogP) is 4.44. The third-order valence-electron chi connectivity index (χ3n) is 3.37. The van der Waals surface area contributed by atoms with Crippen molar-refractivity contribution in [3.05, 3.63) is 58.6 Å². The monoisotopic (exact) mass is 355 g/mol. The SMILES string of the molecule is COc1cccc(C(=O)N[C@@H](C)c2ccc(Cl)cc2)c1OC(F)F. The molecule has 2 aromatic carbocycles. The second-order valence-corrected chi connectivity index (χ2v) is 5.40. The largest absolute Gasteiger partial charge is 0.493 e. The van der Waals surface area contributed by atoms with Crippen LogP contribution in [0.15, 0.2) is 42.5 Å². The molecule has 0 heterocycles. The molecule has 0 saturated carbocycles. The van der Waals surface area contributed by atoms with Gasteiger partial charge in [0.1, 0.15) is 0 Å². The van der Waals surface area contributed by atoms with Gasteiger partial charge in [-0.05, 0) is 36.8 Å². The maximum atomic E-state index is 12.6. The molecule has 128 valence electrons. The van der Waals surface area contributed by atoms with Crippen LogP contribution in [-0.2, 0) is 0 Å². The van der Waals surface area contributed by atoms with Crippen molar-refractivity contribution in [3.63, 3.8) is 0 Å². The highest BCUT2D eigenvalue weighted by molar-refractivity contribution is 6.30. The van der Waals surface area contributed by atoms with E-state index in [0.29, 0.717) is 5.02 Å². The normalized spacial score (nSPS) is 11.9. The first-order chi connectivity index (χ1) is 11.4. The van der Waals surface area contributed by atoms with Gasteiger partial charge in [0.2, 0.25) is 0 Å². The molecule has 0 saturated heterocycles. The molecule has 1 N–H and O–H groups in total. The lowest BCUT2D eigenvalue weighted by atomic mass is 10.1. The molecule has 7 heteroatoms. The zero-order valence-corrected chi connectivity index (χ0v) is 13.8. The van der Waals surface area contributed by atoms with Crippen molar-refractivity contribution in [3.8, 4) is 11.5 Å². The molecule has 0 unspecified atom stereocenters. The van der Waals surface area contributed by atoms with E-state index in [1.165, 1.54) is 25.3 Å². The Kier molecular flexibility index (Phi) is 5.98. The molecule has 2 aromatic rings. The number of halogens is 3. The van der Waals surface area contributed by atoms with Gasteiger partial charge in [-0.15, -0.1) is 0 Å². The van der Waals surface area contributed by atoms with Crippen LogP contribution in [0.4, 0.5) is 8.78 Å².